The number of carbonyl (C=O) groups is 1. The summed E-state index contributed by atoms with van der Waals surface area (Å²) in [7, 11) is 0. The third kappa shape index (κ3) is 3.37. The first-order valence-corrected chi connectivity index (χ1v) is 4.64. The fourth-order valence-corrected chi connectivity index (χ4v) is 1.56. The summed E-state index contributed by atoms with van der Waals surface area (Å²) in [4.78, 5) is 10.5. The number of nitrogens with zero attached hydrogens (tertiary/aromatic N) is 2. The molecule has 0 spiro atoms. The highest BCUT2D eigenvalue weighted by Crippen LogP contribution is 2.18. The topological polar surface area (TPSA) is 75.1 Å². The number of hydrogen-bond acceptors (Lipinski definition) is 5. The second kappa shape index (κ2) is 3.69. The van der Waals surface area contributed by atoms with Crippen molar-refractivity contribution in [2.24, 2.45) is 0 Å². The van der Waals surface area contributed by atoms with E-state index in [0.717, 1.165) is 0 Å². The highest BCUT2D eigenvalue weighted by atomic mass is 32.1. The van der Waals surface area contributed by atoms with Gasteiger partial charge >= 0.3 is 5.97 Å². The first-order valence-electron chi connectivity index (χ1n) is 3.76. The Morgan fingerprint density at radius 1 is 1.77 bits per heavy atom. The summed E-state index contributed by atoms with van der Waals surface area (Å²) in [5.74, 6) is -0.831. The van der Waals surface area contributed by atoms with Crippen LogP contribution in [0.3, 0.4) is 0 Å². The van der Waals surface area contributed by atoms with Gasteiger partial charge in [0.05, 0.1) is 6.42 Å². The summed E-state index contributed by atoms with van der Waals surface area (Å²) >= 11 is 1.35. The van der Waals surface area contributed by atoms with Crippen molar-refractivity contribution in [1.29, 1.82) is 0 Å². The minimum absolute atomic E-state index is 0.0482. The number of rotatable bonds is 4. The molecule has 1 aromatic rings. The second-order valence-electron chi connectivity index (χ2n) is 3.32. The van der Waals surface area contributed by atoms with Crippen LogP contribution in [0.2, 0.25) is 0 Å². The number of nitrogens with one attached hydrogen (secondary N) is 1. The number of aliphatic carboxylic acids is 1. The normalized spacial score (nSPS) is 11.2. The molecule has 0 unspecified atom stereocenters. The lowest BCUT2D eigenvalue weighted by Crippen LogP contribution is -2.33. The number of hydrogen-bond donors (Lipinski definition) is 2. The highest BCUT2D eigenvalue weighted by molar-refractivity contribution is 7.13. The molecule has 0 aliphatic carbocycles. The van der Waals surface area contributed by atoms with Crippen molar-refractivity contribution in [3.8, 4) is 0 Å². The van der Waals surface area contributed by atoms with Crippen molar-refractivity contribution in [1.82, 2.24) is 10.2 Å². The van der Waals surface area contributed by atoms with Gasteiger partial charge in [-0.1, -0.05) is 11.3 Å². The molecule has 1 heterocycles. The van der Waals surface area contributed by atoms with Gasteiger partial charge in [0, 0.05) is 5.54 Å². The average molecular weight is 201 g/mol. The van der Waals surface area contributed by atoms with Gasteiger partial charge in [-0.2, -0.15) is 0 Å². The molecule has 72 valence electrons. The van der Waals surface area contributed by atoms with E-state index < -0.39 is 11.5 Å². The van der Waals surface area contributed by atoms with Crippen molar-refractivity contribution >= 4 is 22.4 Å². The van der Waals surface area contributed by atoms with E-state index in [9.17, 15) is 4.79 Å². The Hall–Kier alpha value is -1.17. The third-order valence-electron chi connectivity index (χ3n) is 1.40. The molecule has 5 nitrogen and oxygen atoms in total. The minimum atomic E-state index is -0.831. The predicted octanol–water partition coefficient (Wildman–Crippen LogP) is 1.20. The van der Waals surface area contributed by atoms with Gasteiger partial charge in [0.25, 0.3) is 0 Å². The highest BCUT2D eigenvalue weighted by Gasteiger charge is 2.22. The van der Waals surface area contributed by atoms with Gasteiger partial charge in [-0.25, -0.2) is 0 Å². The van der Waals surface area contributed by atoms with Gasteiger partial charge in [-0.15, -0.1) is 10.2 Å². The Labute approximate surface area is 79.8 Å². The Morgan fingerprint density at radius 3 is 2.92 bits per heavy atom. The van der Waals surface area contributed by atoms with Crippen LogP contribution in [0.15, 0.2) is 5.51 Å². The van der Waals surface area contributed by atoms with Crippen molar-refractivity contribution in [2.45, 2.75) is 25.8 Å². The second-order valence-corrected chi connectivity index (χ2v) is 4.16. The van der Waals surface area contributed by atoms with E-state index in [1.54, 1.807) is 5.51 Å². The molecule has 1 aromatic heterocycles. The molecule has 13 heavy (non-hydrogen) atoms. The molecule has 0 fully saturated rings. The van der Waals surface area contributed by atoms with Crippen LogP contribution in [-0.4, -0.2) is 26.8 Å². The molecular weight excluding hydrogens is 190 g/mol. The molecule has 0 aliphatic rings. The van der Waals surface area contributed by atoms with Crippen molar-refractivity contribution < 1.29 is 9.90 Å². The maximum absolute atomic E-state index is 10.5. The summed E-state index contributed by atoms with van der Waals surface area (Å²) in [6.07, 6.45) is 0.0482. The number of aromatic nitrogens is 2. The summed E-state index contributed by atoms with van der Waals surface area (Å²) in [6, 6.07) is 0. The van der Waals surface area contributed by atoms with Crippen LogP contribution in [0.5, 0.6) is 0 Å². The molecular formula is C7H11N3O2S. The van der Waals surface area contributed by atoms with E-state index in [2.05, 4.69) is 15.5 Å². The molecule has 0 saturated heterocycles. The number of carboxylic acid groups (broad SMARTS) is 1. The zero-order valence-electron chi connectivity index (χ0n) is 7.44. The summed E-state index contributed by atoms with van der Waals surface area (Å²) in [5.41, 5.74) is 1.10. The van der Waals surface area contributed by atoms with Crippen LogP contribution in [0, 0.1) is 0 Å². The van der Waals surface area contributed by atoms with Gasteiger partial charge < -0.3 is 10.4 Å². The predicted molar refractivity (Wildman–Crippen MR) is 49.9 cm³/mol. The van der Waals surface area contributed by atoms with E-state index in [1.807, 2.05) is 13.8 Å². The zero-order chi connectivity index (χ0) is 9.90. The molecule has 0 bridgehead atoms. The van der Waals surface area contributed by atoms with Crippen LogP contribution in [0.4, 0.5) is 5.13 Å². The zero-order valence-corrected chi connectivity index (χ0v) is 8.26. The fraction of sp³-hybridized carbons (Fsp3) is 0.571. The Bertz CT molecular complexity index is 284. The van der Waals surface area contributed by atoms with E-state index in [-0.39, 0.29) is 6.42 Å². The monoisotopic (exact) mass is 201 g/mol. The van der Waals surface area contributed by atoms with Crippen molar-refractivity contribution in [3.63, 3.8) is 0 Å². The molecule has 0 atom stereocenters. The van der Waals surface area contributed by atoms with Crippen LogP contribution in [0.25, 0.3) is 0 Å². The maximum Gasteiger partial charge on any atom is 0.305 e. The summed E-state index contributed by atoms with van der Waals surface area (Å²) in [5, 5.41) is 19.7. The maximum atomic E-state index is 10.5. The van der Waals surface area contributed by atoms with E-state index in [0.29, 0.717) is 5.13 Å². The molecule has 0 aromatic carbocycles. The lowest BCUT2D eigenvalue weighted by atomic mass is 10.0. The lowest BCUT2D eigenvalue weighted by Gasteiger charge is -2.23. The minimum Gasteiger partial charge on any atom is -0.481 e. The smallest absolute Gasteiger partial charge is 0.305 e. The van der Waals surface area contributed by atoms with Crippen molar-refractivity contribution in [3.05, 3.63) is 5.51 Å². The summed E-state index contributed by atoms with van der Waals surface area (Å²) < 4.78 is 0. The first-order chi connectivity index (χ1) is 5.99. The number of carboxylic acids is 1. The SMILES string of the molecule is CC(C)(CC(=O)O)Nc1nncs1. The standard InChI is InChI=1S/C7H11N3O2S/c1-7(2,3-5(11)12)9-6-10-8-4-13-6/h4H,3H2,1-2H3,(H,9,10)(H,11,12). The van der Waals surface area contributed by atoms with Crippen molar-refractivity contribution in [2.75, 3.05) is 5.32 Å². The van der Waals surface area contributed by atoms with Gasteiger partial charge in [0.2, 0.25) is 5.13 Å². The van der Waals surface area contributed by atoms with Gasteiger partial charge in [0.15, 0.2) is 0 Å². The molecule has 0 saturated carbocycles. The van der Waals surface area contributed by atoms with Gasteiger partial charge in [-0.3, -0.25) is 4.79 Å². The largest absolute Gasteiger partial charge is 0.481 e. The lowest BCUT2D eigenvalue weighted by molar-refractivity contribution is -0.137. The van der Waals surface area contributed by atoms with Crippen LogP contribution >= 0.6 is 11.3 Å². The van der Waals surface area contributed by atoms with Gasteiger partial charge in [0.1, 0.15) is 5.51 Å². The van der Waals surface area contributed by atoms with Crippen LogP contribution in [0.1, 0.15) is 20.3 Å². The van der Waals surface area contributed by atoms with Crippen LogP contribution in [-0.2, 0) is 4.79 Å². The Kier molecular flexibility index (Phi) is 2.82. The van der Waals surface area contributed by atoms with Crippen LogP contribution < -0.4 is 5.32 Å². The third-order valence-corrected chi connectivity index (χ3v) is 2.01. The Balaban J connectivity index is 2.56. The molecule has 6 heteroatoms. The molecule has 2 N–H and O–H groups in total. The first kappa shape index (κ1) is 9.91. The van der Waals surface area contributed by atoms with E-state index in [1.165, 1.54) is 11.3 Å². The molecule has 1 rings (SSSR count). The number of anilines is 1. The quantitative estimate of drug-likeness (QED) is 0.765. The average Bonchev–Trinajstić information content (AvgIpc) is 2.34. The van der Waals surface area contributed by atoms with E-state index in [4.69, 9.17) is 5.11 Å². The molecule has 0 amide bonds. The molecule has 0 aliphatic heterocycles. The molecule has 0 radical (unpaired) electrons. The Morgan fingerprint density at radius 2 is 2.46 bits per heavy atom. The van der Waals surface area contributed by atoms with Gasteiger partial charge in [-0.05, 0) is 13.8 Å². The van der Waals surface area contributed by atoms with E-state index >= 15 is 0 Å². The summed E-state index contributed by atoms with van der Waals surface area (Å²) in [6.45, 7) is 3.62. The fourth-order valence-electron chi connectivity index (χ4n) is 0.939.